The van der Waals surface area contributed by atoms with E-state index in [0.29, 0.717) is 29.7 Å². The normalized spacial score (nSPS) is 19.6. The van der Waals surface area contributed by atoms with E-state index in [2.05, 4.69) is 25.3 Å². The number of nitrogens with zero attached hydrogens (tertiary/aromatic N) is 7. The molecule has 0 aliphatic carbocycles. The number of ether oxygens (including phenoxy) is 3. The zero-order valence-electron chi connectivity index (χ0n) is 26.0. The molecule has 0 saturated carbocycles. The quantitative estimate of drug-likeness (QED) is 0.229. The highest BCUT2D eigenvalue weighted by Gasteiger charge is 2.45. The summed E-state index contributed by atoms with van der Waals surface area (Å²) >= 11 is 0. The number of anilines is 2. The van der Waals surface area contributed by atoms with Crippen LogP contribution in [0.4, 0.5) is 16.3 Å². The lowest BCUT2D eigenvalue weighted by atomic mass is 10.0. The number of carbonyl (C=O) groups excluding carboxylic acids is 1. The Morgan fingerprint density at radius 2 is 1.78 bits per heavy atom. The Balaban J connectivity index is 1.05. The van der Waals surface area contributed by atoms with Gasteiger partial charge in [-0.05, 0) is 76.4 Å². The number of benzene rings is 2. The van der Waals surface area contributed by atoms with Crippen LogP contribution in [-0.4, -0.2) is 64.3 Å². The second-order valence-electron chi connectivity index (χ2n) is 12.8. The van der Waals surface area contributed by atoms with E-state index in [9.17, 15) is 4.79 Å². The molecule has 2 aliphatic heterocycles. The van der Waals surface area contributed by atoms with Gasteiger partial charge in [0.25, 0.3) is 0 Å². The lowest BCUT2D eigenvalue weighted by Crippen LogP contribution is -2.50. The third-order valence-electron chi connectivity index (χ3n) is 8.28. The number of amides is 1. The summed E-state index contributed by atoms with van der Waals surface area (Å²) in [6, 6.07) is 12.2. The van der Waals surface area contributed by atoms with Crippen LogP contribution in [0.15, 0.2) is 55.2 Å². The van der Waals surface area contributed by atoms with Gasteiger partial charge in [-0.25, -0.2) is 24.7 Å². The van der Waals surface area contributed by atoms with Crippen LogP contribution < -0.4 is 14.8 Å². The molecule has 5 aromatic rings. The maximum absolute atomic E-state index is 12.8. The molecule has 2 saturated heterocycles. The number of nitrogens with one attached hydrogen (secondary N) is 1. The number of imidazole rings is 1. The Morgan fingerprint density at radius 3 is 2.53 bits per heavy atom. The molecule has 12 nitrogen and oxygen atoms in total. The molecule has 2 bridgehead atoms. The molecule has 0 radical (unpaired) electrons. The molecule has 5 heterocycles. The van der Waals surface area contributed by atoms with Crippen molar-refractivity contribution in [3.05, 3.63) is 60.8 Å². The van der Waals surface area contributed by atoms with Crippen molar-refractivity contribution in [2.24, 2.45) is 7.05 Å². The van der Waals surface area contributed by atoms with E-state index in [-0.39, 0.29) is 30.3 Å². The molecule has 12 heteroatoms. The summed E-state index contributed by atoms with van der Waals surface area (Å²) in [5.74, 6) is 2.01. The molecule has 3 aromatic heterocycles. The Labute approximate surface area is 260 Å². The van der Waals surface area contributed by atoms with Crippen LogP contribution in [0, 0.1) is 6.92 Å². The number of hydrogen-bond acceptors (Lipinski definition) is 10. The van der Waals surface area contributed by atoms with Gasteiger partial charge in [-0.15, -0.1) is 0 Å². The molecule has 2 aliphatic rings. The summed E-state index contributed by atoms with van der Waals surface area (Å²) in [7, 11) is 1.97. The second-order valence-corrected chi connectivity index (χ2v) is 12.8. The molecule has 2 atom stereocenters. The standard InChI is InChI=1S/C33H36N8O4/c1-19-12-20(6-11-28(19)43-23-9-10-27-25(15-23)37-18-40(27)5)38-30-29-26(35-17-36-30)16-34-31(39-29)44-24-13-21-7-8-22(14-24)41(21)32(42)45-33(2,3)4/h6,9-12,15-18,21-22,24H,7-8,13-14H2,1-5H3,(H,35,36,38). The molecule has 232 valence electrons. The maximum atomic E-state index is 12.8. The fourth-order valence-corrected chi connectivity index (χ4v) is 6.26. The summed E-state index contributed by atoms with van der Waals surface area (Å²) in [4.78, 5) is 37.1. The topological polar surface area (TPSA) is 129 Å². The lowest BCUT2D eigenvalue weighted by Gasteiger charge is -2.39. The Kier molecular flexibility index (Phi) is 7.14. The van der Waals surface area contributed by atoms with Gasteiger partial charge in [0.05, 0.1) is 23.6 Å². The lowest BCUT2D eigenvalue weighted by molar-refractivity contribution is -0.00815. The van der Waals surface area contributed by atoms with Crippen molar-refractivity contribution in [3.8, 4) is 17.5 Å². The van der Waals surface area contributed by atoms with Gasteiger partial charge in [0.1, 0.15) is 40.6 Å². The molecule has 2 unspecified atom stereocenters. The van der Waals surface area contributed by atoms with Crippen LogP contribution in [0.1, 0.15) is 52.0 Å². The van der Waals surface area contributed by atoms with Gasteiger partial charge in [0.2, 0.25) is 0 Å². The van der Waals surface area contributed by atoms with E-state index in [1.54, 1.807) is 12.5 Å². The highest BCUT2D eigenvalue weighted by atomic mass is 16.6. The zero-order valence-corrected chi connectivity index (χ0v) is 26.0. The van der Waals surface area contributed by atoms with Crippen molar-refractivity contribution in [1.29, 1.82) is 0 Å². The third kappa shape index (κ3) is 5.92. The Hall–Kier alpha value is -5.00. The van der Waals surface area contributed by atoms with Gasteiger partial charge in [0.15, 0.2) is 5.82 Å². The van der Waals surface area contributed by atoms with Crippen molar-refractivity contribution in [3.63, 3.8) is 0 Å². The SMILES string of the molecule is Cc1cc(Nc2ncnc3cnc(OC4CC5CCC(C4)N5C(=O)OC(C)(C)C)nc23)ccc1Oc1ccc2c(c1)ncn2C. The first-order valence-electron chi connectivity index (χ1n) is 15.2. The predicted octanol–water partition coefficient (Wildman–Crippen LogP) is 6.46. The van der Waals surface area contributed by atoms with Crippen LogP contribution in [0.5, 0.6) is 17.5 Å². The molecular weight excluding hydrogens is 572 g/mol. The molecule has 7 rings (SSSR count). The Bertz CT molecular complexity index is 1890. The minimum absolute atomic E-state index is 0.0812. The average Bonchev–Trinajstić information content (AvgIpc) is 3.49. The number of hydrogen-bond donors (Lipinski definition) is 1. The van der Waals surface area contributed by atoms with Crippen molar-refractivity contribution in [1.82, 2.24) is 34.4 Å². The molecule has 0 spiro atoms. The van der Waals surface area contributed by atoms with Crippen molar-refractivity contribution < 1.29 is 19.0 Å². The highest BCUT2D eigenvalue weighted by molar-refractivity contribution is 5.86. The molecule has 1 amide bonds. The third-order valence-corrected chi connectivity index (χ3v) is 8.28. The first kappa shape index (κ1) is 28.8. The van der Waals surface area contributed by atoms with E-state index < -0.39 is 5.60 Å². The van der Waals surface area contributed by atoms with Gasteiger partial charge in [-0.2, -0.15) is 4.98 Å². The number of aromatic nitrogens is 6. The minimum Gasteiger partial charge on any atom is -0.460 e. The monoisotopic (exact) mass is 608 g/mol. The summed E-state index contributed by atoms with van der Waals surface area (Å²) < 4.78 is 20.1. The molecule has 2 aromatic carbocycles. The van der Waals surface area contributed by atoms with E-state index in [1.807, 2.05) is 80.6 Å². The van der Waals surface area contributed by atoms with Crippen molar-refractivity contribution in [2.45, 2.75) is 77.2 Å². The number of carbonyl (C=O) groups is 1. The first-order valence-corrected chi connectivity index (χ1v) is 15.2. The van der Waals surface area contributed by atoms with Crippen LogP contribution in [0.25, 0.3) is 22.1 Å². The van der Waals surface area contributed by atoms with Crippen LogP contribution >= 0.6 is 0 Å². The van der Waals surface area contributed by atoms with E-state index in [0.717, 1.165) is 46.6 Å². The van der Waals surface area contributed by atoms with Crippen LogP contribution in [0.2, 0.25) is 0 Å². The van der Waals surface area contributed by atoms with Crippen molar-refractivity contribution >= 4 is 39.7 Å². The fraction of sp³-hybridized carbons (Fsp3) is 0.394. The maximum Gasteiger partial charge on any atom is 0.410 e. The first-order chi connectivity index (χ1) is 21.6. The highest BCUT2D eigenvalue weighted by Crippen LogP contribution is 2.38. The van der Waals surface area contributed by atoms with E-state index >= 15 is 0 Å². The summed E-state index contributed by atoms with van der Waals surface area (Å²) in [5.41, 5.74) is 4.33. The average molecular weight is 609 g/mol. The predicted molar refractivity (Wildman–Crippen MR) is 169 cm³/mol. The van der Waals surface area contributed by atoms with Gasteiger partial charge in [0, 0.05) is 43.7 Å². The Morgan fingerprint density at radius 1 is 0.978 bits per heavy atom. The largest absolute Gasteiger partial charge is 0.460 e. The van der Waals surface area contributed by atoms with Crippen molar-refractivity contribution in [2.75, 3.05) is 5.32 Å². The summed E-state index contributed by atoms with van der Waals surface area (Å²) in [5, 5.41) is 3.37. The van der Waals surface area contributed by atoms with Gasteiger partial charge in [-0.3, -0.25) is 0 Å². The van der Waals surface area contributed by atoms with E-state index in [4.69, 9.17) is 19.2 Å². The molecule has 1 N–H and O–H groups in total. The van der Waals surface area contributed by atoms with Crippen LogP contribution in [0.3, 0.4) is 0 Å². The van der Waals surface area contributed by atoms with E-state index in [1.165, 1.54) is 6.33 Å². The fourth-order valence-electron chi connectivity index (χ4n) is 6.26. The number of fused-ring (bicyclic) bond motifs is 4. The summed E-state index contributed by atoms with van der Waals surface area (Å²) in [6.45, 7) is 7.67. The zero-order chi connectivity index (χ0) is 31.3. The van der Waals surface area contributed by atoms with Gasteiger partial charge >= 0.3 is 12.1 Å². The smallest absolute Gasteiger partial charge is 0.410 e. The van der Waals surface area contributed by atoms with Crippen LogP contribution in [-0.2, 0) is 11.8 Å². The molecule has 2 fully saturated rings. The minimum atomic E-state index is -0.527. The number of aryl methyl sites for hydroxylation is 2. The molecule has 45 heavy (non-hydrogen) atoms. The second kappa shape index (κ2) is 11.2. The summed E-state index contributed by atoms with van der Waals surface area (Å²) in [6.07, 6.45) is 7.86. The van der Waals surface area contributed by atoms with Gasteiger partial charge < -0.3 is 29.0 Å². The number of rotatable bonds is 6. The van der Waals surface area contributed by atoms with Gasteiger partial charge in [-0.1, -0.05) is 0 Å². The molecular formula is C33H36N8O4. The number of piperidine rings is 1.